The first kappa shape index (κ1) is 15.6. The Bertz CT molecular complexity index is 675. The molecule has 120 valence electrons. The highest BCUT2D eigenvalue weighted by molar-refractivity contribution is 5.94. The molecule has 0 saturated heterocycles. The normalized spacial score (nSPS) is 21.3. The highest BCUT2D eigenvalue weighted by Crippen LogP contribution is 2.31. The molecule has 0 spiro atoms. The van der Waals surface area contributed by atoms with Crippen molar-refractivity contribution in [2.45, 2.75) is 31.4 Å². The van der Waals surface area contributed by atoms with Crippen LogP contribution in [0.1, 0.15) is 28.9 Å². The lowest BCUT2D eigenvalue weighted by atomic mass is 9.76. The molecule has 5 nitrogen and oxygen atoms in total. The third-order valence-corrected chi connectivity index (χ3v) is 4.21. The van der Waals surface area contributed by atoms with Crippen LogP contribution in [-0.4, -0.2) is 33.1 Å². The monoisotopic (exact) mass is 315 g/mol. The van der Waals surface area contributed by atoms with Gasteiger partial charge in [0.15, 0.2) is 5.82 Å². The van der Waals surface area contributed by atoms with Gasteiger partial charge in [0.05, 0.1) is 17.9 Å². The molecule has 1 atom stereocenters. The van der Waals surface area contributed by atoms with Crippen LogP contribution >= 0.6 is 0 Å². The molecule has 2 aromatic heterocycles. The zero-order valence-corrected chi connectivity index (χ0v) is 12.5. The van der Waals surface area contributed by atoms with Crippen LogP contribution in [-0.2, 0) is 6.42 Å². The summed E-state index contributed by atoms with van der Waals surface area (Å²) in [6.07, 6.45) is 5.62. The van der Waals surface area contributed by atoms with Gasteiger partial charge in [0.25, 0.3) is 5.91 Å². The van der Waals surface area contributed by atoms with E-state index in [9.17, 15) is 14.3 Å². The molecule has 1 amide bonds. The number of hydrogen-bond donors (Lipinski definition) is 2. The van der Waals surface area contributed by atoms with Crippen molar-refractivity contribution < 1.29 is 14.3 Å². The zero-order valence-electron chi connectivity index (χ0n) is 12.5. The zero-order chi connectivity index (χ0) is 16.2. The number of amides is 1. The summed E-state index contributed by atoms with van der Waals surface area (Å²) >= 11 is 0. The number of hydrogen-bond acceptors (Lipinski definition) is 4. The summed E-state index contributed by atoms with van der Waals surface area (Å²) in [7, 11) is 0. The van der Waals surface area contributed by atoms with Crippen molar-refractivity contribution in [3.05, 3.63) is 59.9 Å². The minimum atomic E-state index is -0.643. The molecule has 1 aliphatic rings. The van der Waals surface area contributed by atoms with Gasteiger partial charge in [-0.2, -0.15) is 0 Å². The van der Waals surface area contributed by atoms with E-state index in [2.05, 4.69) is 15.3 Å². The maximum Gasteiger partial charge on any atom is 0.254 e. The maximum atomic E-state index is 13.7. The highest BCUT2D eigenvalue weighted by Gasteiger charge is 2.35. The lowest BCUT2D eigenvalue weighted by molar-refractivity contribution is 0.0237. The van der Waals surface area contributed by atoms with Gasteiger partial charge in [-0.05, 0) is 37.0 Å². The molecule has 1 aliphatic carbocycles. The Balaban J connectivity index is 1.73. The lowest BCUT2D eigenvalue weighted by Crippen LogP contribution is -2.48. The number of aliphatic hydroxyl groups excluding tert-OH is 1. The molecule has 3 rings (SSSR count). The third kappa shape index (κ3) is 3.71. The van der Waals surface area contributed by atoms with Gasteiger partial charge in [-0.3, -0.25) is 14.8 Å². The van der Waals surface area contributed by atoms with E-state index < -0.39 is 11.7 Å². The van der Waals surface area contributed by atoms with Gasteiger partial charge < -0.3 is 10.4 Å². The molecule has 0 aromatic carbocycles. The number of nitrogens with zero attached hydrogens (tertiary/aromatic N) is 2. The van der Waals surface area contributed by atoms with Crippen molar-refractivity contribution in [1.82, 2.24) is 15.3 Å². The number of pyridine rings is 2. The summed E-state index contributed by atoms with van der Waals surface area (Å²) in [6.45, 7) is 0. The van der Waals surface area contributed by atoms with Crippen LogP contribution in [0.15, 0.2) is 42.9 Å². The second-order valence-electron chi connectivity index (χ2n) is 5.85. The van der Waals surface area contributed by atoms with Gasteiger partial charge in [0.1, 0.15) is 0 Å². The van der Waals surface area contributed by atoms with Gasteiger partial charge in [0.2, 0.25) is 0 Å². The summed E-state index contributed by atoms with van der Waals surface area (Å²) in [4.78, 5) is 20.3. The third-order valence-electron chi connectivity index (χ3n) is 4.21. The Labute approximate surface area is 133 Å². The number of halogens is 1. The smallest absolute Gasteiger partial charge is 0.254 e. The molecule has 0 radical (unpaired) electrons. The number of nitrogens with one attached hydrogen (secondary N) is 1. The predicted molar refractivity (Wildman–Crippen MR) is 82.1 cm³/mol. The SMILES string of the molecule is O=C(N[C@@H](Cc1ccccn1)C1CC(O)C1)c1ccncc1F. The van der Waals surface area contributed by atoms with Crippen molar-refractivity contribution in [2.75, 3.05) is 0 Å². The van der Waals surface area contributed by atoms with E-state index in [1.54, 1.807) is 6.20 Å². The number of aromatic nitrogens is 2. The van der Waals surface area contributed by atoms with Crippen molar-refractivity contribution in [1.29, 1.82) is 0 Å². The van der Waals surface area contributed by atoms with Crippen LogP contribution in [0.3, 0.4) is 0 Å². The highest BCUT2D eigenvalue weighted by atomic mass is 19.1. The van der Waals surface area contributed by atoms with Gasteiger partial charge in [-0.25, -0.2) is 4.39 Å². The average molecular weight is 315 g/mol. The van der Waals surface area contributed by atoms with Gasteiger partial charge in [-0.1, -0.05) is 6.07 Å². The molecule has 2 N–H and O–H groups in total. The Kier molecular flexibility index (Phi) is 4.62. The molecule has 1 saturated carbocycles. The van der Waals surface area contributed by atoms with E-state index in [1.165, 1.54) is 12.3 Å². The Hall–Kier alpha value is -2.34. The fourth-order valence-corrected chi connectivity index (χ4v) is 2.84. The second-order valence-corrected chi connectivity index (χ2v) is 5.85. The van der Waals surface area contributed by atoms with Crippen LogP contribution in [0.2, 0.25) is 0 Å². The number of rotatable bonds is 5. The summed E-state index contributed by atoms with van der Waals surface area (Å²) in [6, 6.07) is 6.78. The summed E-state index contributed by atoms with van der Waals surface area (Å²) < 4.78 is 13.7. The van der Waals surface area contributed by atoms with Gasteiger partial charge in [0, 0.05) is 30.6 Å². The molecular weight excluding hydrogens is 297 g/mol. The van der Waals surface area contributed by atoms with E-state index in [0.717, 1.165) is 11.9 Å². The summed E-state index contributed by atoms with van der Waals surface area (Å²) in [5.41, 5.74) is 0.834. The standard InChI is InChI=1S/C17H18FN3O2/c18-15-10-19-6-4-14(15)17(23)21-16(11-7-13(22)8-11)9-12-3-1-2-5-20-12/h1-6,10-11,13,16,22H,7-9H2,(H,21,23)/t11?,13?,16-/m0/s1. The molecule has 1 fully saturated rings. The van der Waals surface area contributed by atoms with E-state index in [0.29, 0.717) is 19.3 Å². The van der Waals surface area contributed by atoms with Crippen molar-refractivity contribution >= 4 is 5.91 Å². The summed E-state index contributed by atoms with van der Waals surface area (Å²) in [5.74, 6) is -0.941. The average Bonchev–Trinajstić information content (AvgIpc) is 2.52. The molecule has 2 aromatic rings. The van der Waals surface area contributed by atoms with E-state index in [-0.39, 0.29) is 23.6 Å². The molecule has 23 heavy (non-hydrogen) atoms. The minimum absolute atomic E-state index is 0.0223. The molecule has 0 aliphatic heterocycles. The molecular formula is C17H18FN3O2. The maximum absolute atomic E-state index is 13.7. The topological polar surface area (TPSA) is 75.1 Å². The second kappa shape index (κ2) is 6.83. The first-order chi connectivity index (χ1) is 11.1. The predicted octanol–water partition coefficient (Wildman–Crippen LogP) is 1.73. The van der Waals surface area contributed by atoms with Crippen molar-refractivity contribution in [2.24, 2.45) is 5.92 Å². The Morgan fingerprint density at radius 3 is 2.83 bits per heavy atom. The quantitative estimate of drug-likeness (QED) is 0.881. The fraction of sp³-hybridized carbons (Fsp3) is 0.353. The summed E-state index contributed by atoms with van der Waals surface area (Å²) in [5, 5.41) is 12.4. The first-order valence-electron chi connectivity index (χ1n) is 7.62. The van der Waals surface area contributed by atoms with Gasteiger partial charge >= 0.3 is 0 Å². The van der Waals surface area contributed by atoms with E-state index >= 15 is 0 Å². The molecule has 2 heterocycles. The Morgan fingerprint density at radius 1 is 1.35 bits per heavy atom. The van der Waals surface area contributed by atoms with Crippen LogP contribution in [0.4, 0.5) is 4.39 Å². The molecule has 0 bridgehead atoms. The molecule has 0 unspecified atom stereocenters. The van der Waals surface area contributed by atoms with Crippen LogP contribution in [0, 0.1) is 11.7 Å². The minimum Gasteiger partial charge on any atom is -0.393 e. The van der Waals surface area contributed by atoms with Crippen LogP contribution < -0.4 is 5.32 Å². The fourth-order valence-electron chi connectivity index (χ4n) is 2.84. The number of aliphatic hydroxyl groups is 1. The number of carbonyl (C=O) groups excluding carboxylic acids is 1. The van der Waals surface area contributed by atoms with Crippen LogP contribution in [0.5, 0.6) is 0 Å². The van der Waals surface area contributed by atoms with Crippen LogP contribution in [0.25, 0.3) is 0 Å². The van der Waals surface area contributed by atoms with Gasteiger partial charge in [-0.15, -0.1) is 0 Å². The van der Waals surface area contributed by atoms with E-state index in [4.69, 9.17) is 0 Å². The van der Waals surface area contributed by atoms with Crippen molar-refractivity contribution in [3.63, 3.8) is 0 Å². The molecule has 6 heteroatoms. The largest absolute Gasteiger partial charge is 0.393 e. The lowest BCUT2D eigenvalue weighted by Gasteiger charge is -2.38. The Morgan fingerprint density at radius 2 is 2.17 bits per heavy atom. The number of carbonyl (C=O) groups is 1. The van der Waals surface area contributed by atoms with E-state index in [1.807, 2.05) is 18.2 Å². The van der Waals surface area contributed by atoms with Crippen molar-refractivity contribution in [3.8, 4) is 0 Å². The first-order valence-corrected chi connectivity index (χ1v) is 7.62.